The molecule has 0 spiro atoms. The van der Waals surface area contributed by atoms with E-state index in [-0.39, 0.29) is 6.61 Å². The van der Waals surface area contributed by atoms with E-state index in [1.807, 2.05) is 17.5 Å². The third-order valence-electron chi connectivity index (χ3n) is 2.10. The summed E-state index contributed by atoms with van der Waals surface area (Å²) in [4.78, 5) is 0. The van der Waals surface area contributed by atoms with Gasteiger partial charge in [0.05, 0.1) is 18.7 Å². The molecule has 0 radical (unpaired) electrons. The molecule has 1 aromatic carbocycles. The minimum Gasteiger partial charge on any atom is -0.496 e. The number of hydrogen-bond acceptors (Lipinski definition) is 3. The highest BCUT2D eigenvalue weighted by molar-refractivity contribution is 7.17. The molecule has 2 aromatic rings. The van der Waals surface area contributed by atoms with Gasteiger partial charge in [-0.15, -0.1) is 11.3 Å². The zero-order valence-electron chi connectivity index (χ0n) is 7.58. The average Bonchev–Trinajstić information content (AvgIpc) is 2.58. The normalized spacial score (nSPS) is 10.8. The third kappa shape index (κ3) is 1.47. The minimum absolute atomic E-state index is 0.0192. The lowest BCUT2D eigenvalue weighted by molar-refractivity contribution is 0.274. The number of aliphatic hydroxyl groups is 1. The molecule has 0 atom stereocenters. The van der Waals surface area contributed by atoms with Gasteiger partial charge in [-0.2, -0.15) is 0 Å². The second kappa shape index (κ2) is 3.77. The van der Waals surface area contributed by atoms with Crippen molar-refractivity contribution in [2.24, 2.45) is 0 Å². The van der Waals surface area contributed by atoms with Crippen LogP contribution in [0.5, 0.6) is 5.75 Å². The Hall–Kier alpha value is -0.770. The molecule has 0 aliphatic carbocycles. The summed E-state index contributed by atoms with van der Waals surface area (Å²) in [6.07, 6.45) is 0. The van der Waals surface area contributed by atoms with Crippen molar-refractivity contribution >= 4 is 33.0 Å². The van der Waals surface area contributed by atoms with Crippen LogP contribution >= 0.6 is 22.9 Å². The summed E-state index contributed by atoms with van der Waals surface area (Å²) in [7, 11) is 1.58. The number of aliphatic hydroxyl groups excluding tert-OH is 1. The molecule has 4 heteroatoms. The lowest BCUT2D eigenvalue weighted by atomic mass is 10.1. The van der Waals surface area contributed by atoms with Gasteiger partial charge in [-0.3, -0.25) is 0 Å². The van der Waals surface area contributed by atoms with Gasteiger partial charge in [0, 0.05) is 21.0 Å². The SMILES string of the molecule is COc1cc2c(Cl)csc2cc1CO. The molecule has 0 bridgehead atoms. The number of benzene rings is 1. The highest BCUT2D eigenvalue weighted by atomic mass is 35.5. The largest absolute Gasteiger partial charge is 0.496 e. The Morgan fingerprint density at radius 2 is 2.29 bits per heavy atom. The van der Waals surface area contributed by atoms with Crippen molar-refractivity contribution in [3.63, 3.8) is 0 Å². The second-order valence-electron chi connectivity index (χ2n) is 2.90. The fourth-order valence-corrected chi connectivity index (χ4v) is 2.59. The number of ether oxygens (including phenoxy) is 1. The van der Waals surface area contributed by atoms with E-state index >= 15 is 0 Å². The fraction of sp³-hybridized carbons (Fsp3) is 0.200. The first kappa shape index (κ1) is 9.77. The Morgan fingerprint density at radius 1 is 1.50 bits per heavy atom. The van der Waals surface area contributed by atoms with Crippen LogP contribution in [0.1, 0.15) is 5.56 Å². The van der Waals surface area contributed by atoms with Gasteiger partial charge in [0.2, 0.25) is 0 Å². The Bertz CT molecular complexity index is 464. The fourth-order valence-electron chi connectivity index (χ4n) is 1.38. The van der Waals surface area contributed by atoms with Crippen molar-refractivity contribution in [2.75, 3.05) is 7.11 Å². The third-order valence-corrected chi connectivity index (χ3v) is 3.49. The number of thiophene rings is 1. The van der Waals surface area contributed by atoms with Crippen LogP contribution in [0.25, 0.3) is 10.1 Å². The lowest BCUT2D eigenvalue weighted by Crippen LogP contribution is -1.90. The highest BCUT2D eigenvalue weighted by Gasteiger charge is 2.08. The lowest BCUT2D eigenvalue weighted by Gasteiger charge is -2.05. The van der Waals surface area contributed by atoms with Gasteiger partial charge >= 0.3 is 0 Å². The summed E-state index contributed by atoms with van der Waals surface area (Å²) >= 11 is 7.55. The molecule has 0 saturated carbocycles. The molecule has 74 valence electrons. The van der Waals surface area contributed by atoms with E-state index in [0.29, 0.717) is 5.75 Å². The van der Waals surface area contributed by atoms with Gasteiger partial charge in [0.15, 0.2) is 0 Å². The summed E-state index contributed by atoms with van der Waals surface area (Å²) < 4.78 is 6.22. The predicted octanol–water partition coefficient (Wildman–Crippen LogP) is 3.06. The molecular weight excluding hydrogens is 220 g/mol. The maximum atomic E-state index is 9.11. The standard InChI is InChI=1S/C10H9ClO2S/c1-13-9-3-7-8(11)5-14-10(7)2-6(9)4-12/h2-3,5,12H,4H2,1H3. The number of fused-ring (bicyclic) bond motifs is 1. The Kier molecular flexibility index (Phi) is 2.63. The Labute approximate surface area is 90.7 Å². The summed E-state index contributed by atoms with van der Waals surface area (Å²) in [6.45, 7) is -0.0192. The Balaban J connectivity index is 2.71. The summed E-state index contributed by atoms with van der Waals surface area (Å²) in [5.41, 5.74) is 0.790. The van der Waals surface area contributed by atoms with Crippen LogP contribution in [0.4, 0.5) is 0 Å². The maximum absolute atomic E-state index is 9.11. The van der Waals surface area contributed by atoms with E-state index in [1.165, 1.54) is 0 Å². The van der Waals surface area contributed by atoms with Crippen LogP contribution in [0, 0.1) is 0 Å². The van der Waals surface area contributed by atoms with Crippen molar-refractivity contribution in [3.05, 3.63) is 28.1 Å². The molecule has 1 N–H and O–H groups in total. The summed E-state index contributed by atoms with van der Waals surface area (Å²) in [5, 5.41) is 12.7. The van der Waals surface area contributed by atoms with Crippen molar-refractivity contribution in [1.29, 1.82) is 0 Å². The van der Waals surface area contributed by atoms with E-state index in [2.05, 4.69) is 0 Å². The van der Waals surface area contributed by atoms with Crippen LogP contribution in [0.2, 0.25) is 5.02 Å². The van der Waals surface area contributed by atoms with E-state index in [4.69, 9.17) is 21.4 Å². The smallest absolute Gasteiger partial charge is 0.125 e. The monoisotopic (exact) mass is 228 g/mol. The maximum Gasteiger partial charge on any atom is 0.125 e. The van der Waals surface area contributed by atoms with Gasteiger partial charge in [0.1, 0.15) is 5.75 Å². The van der Waals surface area contributed by atoms with Crippen molar-refractivity contribution in [2.45, 2.75) is 6.61 Å². The topological polar surface area (TPSA) is 29.5 Å². The van der Waals surface area contributed by atoms with E-state index in [0.717, 1.165) is 20.7 Å². The van der Waals surface area contributed by atoms with Gasteiger partial charge in [0.25, 0.3) is 0 Å². The average molecular weight is 229 g/mol. The molecule has 1 heterocycles. The first-order valence-corrected chi connectivity index (χ1v) is 5.36. The van der Waals surface area contributed by atoms with Crippen LogP contribution in [-0.2, 0) is 6.61 Å². The van der Waals surface area contributed by atoms with Crippen molar-refractivity contribution in [1.82, 2.24) is 0 Å². The molecule has 0 fully saturated rings. The van der Waals surface area contributed by atoms with Crippen LogP contribution in [0.15, 0.2) is 17.5 Å². The zero-order valence-corrected chi connectivity index (χ0v) is 9.15. The quantitative estimate of drug-likeness (QED) is 0.856. The number of halogens is 1. The van der Waals surface area contributed by atoms with Gasteiger partial charge in [-0.05, 0) is 12.1 Å². The summed E-state index contributed by atoms with van der Waals surface area (Å²) in [6, 6.07) is 3.77. The van der Waals surface area contributed by atoms with Gasteiger partial charge in [-0.25, -0.2) is 0 Å². The van der Waals surface area contributed by atoms with Crippen LogP contribution < -0.4 is 4.74 Å². The van der Waals surface area contributed by atoms with E-state index in [9.17, 15) is 0 Å². The number of rotatable bonds is 2. The molecule has 0 aliphatic heterocycles. The zero-order chi connectivity index (χ0) is 10.1. The van der Waals surface area contributed by atoms with Crippen molar-refractivity contribution in [3.8, 4) is 5.75 Å². The predicted molar refractivity (Wildman–Crippen MR) is 59.3 cm³/mol. The molecule has 0 aliphatic rings. The van der Waals surface area contributed by atoms with Gasteiger partial charge < -0.3 is 9.84 Å². The summed E-state index contributed by atoms with van der Waals surface area (Å²) in [5.74, 6) is 0.681. The molecule has 0 saturated heterocycles. The van der Waals surface area contributed by atoms with Crippen molar-refractivity contribution < 1.29 is 9.84 Å². The molecule has 14 heavy (non-hydrogen) atoms. The van der Waals surface area contributed by atoms with Gasteiger partial charge in [-0.1, -0.05) is 11.6 Å². The Morgan fingerprint density at radius 3 is 2.93 bits per heavy atom. The molecule has 0 unspecified atom stereocenters. The second-order valence-corrected chi connectivity index (χ2v) is 4.22. The van der Waals surface area contributed by atoms with Crippen LogP contribution in [0.3, 0.4) is 0 Å². The minimum atomic E-state index is -0.0192. The molecule has 2 nitrogen and oxygen atoms in total. The molecular formula is C10H9ClO2S. The first-order chi connectivity index (χ1) is 6.76. The molecule has 1 aromatic heterocycles. The van der Waals surface area contributed by atoms with Crippen LogP contribution in [-0.4, -0.2) is 12.2 Å². The first-order valence-electron chi connectivity index (χ1n) is 4.10. The molecule has 0 amide bonds. The molecule has 2 rings (SSSR count). The highest BCUT2D eigenvalue weighted by Crippen LogP contribution is 2.34. The van der Waals surface area contributed by atoms with E-state index < -0.39 is 0 Å². The number of methoxy groups -OCH3 is 1. The number of hydrogen-bond donors (Lipinski definition) is 1. The van der Waals surface area contributed by atoms with E-state index in [1.54, 1.807) is 18.4 Å².